The normalized spacial score (nSPS) is 11.3. The van der Waals surface area contributed by atoms with E-state index >= 15 is 0 Å². The first-order valence-electron chi connectivity index (χ1n) is 7.84. The summed E-state index contributed by atoms with van der Waals surface area (Å²) >= 11 is 0. The van der Waals surface area contributed by atoms with E-state index in [4.69, 9.17) is 0 Å². The van der Waals surface area contributed by atoms with Crippen LogP contribution in [-0.2, 0) is 0 Å². The average molecular weight is 318 g/mol. The lowest BCUT2D eigenvalue weighted by Crippen LogP contribution is -2.36. The fourth-order valence-electron chi connectivity index (χ4n) is 2.02. The third-order valence-electron chi connectivity index (χ3n) is 3.06. The highest BCUT2D eigenvalue weighted by Gasteiger charge is 2.07. The number of nitrogens with zero attached hydrogens (tertiary/aromatic N) is 5. The zero-order valence-corrected chi connectivity index (χ0v) is 15.2. The number of guanidine groups is 2. The highest BCUT2D eigenvalue weighted by Crippen LogP contribution is 2.06. The van der Waals surface area contributed by atoms with Crippen LogP contribution in [-0.4, -0.2) is 82.0 Å². The molecule has 6 nitrogen and oxygen atoms in total. The van der Waals surface area contributed by atoms with E-state index in [9.17, 15) is 0 Å². The minimum atomic E-state index is 0.632. The Labute approximate surface area is 140 Å². The molecule has 0 aliphatic carbocycles. The molecule has 0 saturated heterocycles. The van der Waals surface area contributed by atoms with Gasteiger partial charge in [-0.2, -0.15) is 4.99 Å². The molecule has 0 atom stereocenters. The average Bonchev–Trinajstić information content (AvgIpc) is 2.48. The first-order valence-corrected chi connectivity index (χ1v) is 7.84. The molecule has 0 unspecified atom stereocenters. The highest BCUT2D eigenvalue weighted by atomic mass is 15.4. The van der Waals surface area contributed by atoms with Gasteiger partial charge in [0.2, 0.25) is 11.9 Å². The van der Waals surface area contributed by atoms with E-state index in [1.807, 2.05) is 68.3 Å². The van der Waals surface area contributed by atoms with Gasteiger partial charge in [0.15, 0.2) is 0 Å². The molecule has 23 heavy (non-hydrogen) atoms. The number of nitrogens with one attached hydrogen (secondary N) is 1. The molecular formula is C17H30N6. The van der Waals surface area contributed by atoms with Crippen LogP contribution in [0.2, 0.25) is 0 Å². The summed E-state index contributed by atoms with van der Waals surface area (Å²) in [6.45, 7) is 1.75. The lowest BCUT2D eigenvalue weighted by molar-refractivity contribution is 0.403. The second-order valence-corrected chi connectivity index (χ2v) is 6.05. The molecule has 0 spiro atoms. The predicted octanol–water partition coefficient (Wildman–Crippen LogP) is 1.89. The van der Waals surface area contributed by atoms with Gasteiger partial charge in [-0.15, -0.1) is 0 Å². The third kappa shape index (κ3) is 7.65. The molecule has 0 bridgehead atoms. The molecule has 1 aromatic rings. The largest absolute Gasteiger partial charge is 0.349 e. The van der Waals surface area contributed by atoms with E-state index in [1.54, 1.807) is 0 Å². The standard InChI is InChI=1S/C17H30N6/c1-21(2)14-10-13-18-16(19-15-11-8-7-9-12-15)20-17(22(3)4)23(5)6/h7-9,11-12H,10,13-14H2,1-6H3,(H,18,19). The zero-order chi connectivity index (χ0) is 17.2. The van der Waals surface area contributed by atoms with Crippen molar-refractivity contribution < 1.29 is 0 Å². The van der Waals surface area contributed by atoms with Gasteiger partial charge in [-0.25, -0.2) is 0 Å². The molecule has 1 rings (SSSR count). The van der Waals surface area contributed by atoms with Crippen LogP contribution < -0.4 is 5.32 Å². The summed E-state index contributed by atoms with van der Waals surface area (Å²) in [5.74, 6) is 1.48. The van der Waals surface area contributed by atoms with Crippen LogP contribution in [0.3, 0.4) is 0 Å². The molecule has 0 saturated carbocycles. The van der Waals surface area contributed by atoms with Crippen molar-refractivity contribution in [3.63, 3.8) is 0 Å². The first kappa shape index (κ1) is 19.0. The number of hydrogen-bond donors (Lipinski definition) is 1. The maximum absolute atomic E-state index is 4.68. The molecule has 0 fully saturated rings. The molecule has 0 amide bonds. The fourth-order valence-corrected chi connectivity index (χ4v) is 2.02. The van der Waals surface area contributed by atoms with Gasteiger partial charge in [-0.1, -0.05) is 18.2 Å². The molecule has 6 heteroatoms. The predicted molar refractivity (Wildman–Crippen MR) is 100 cm³/mol. The number of aliphatic imine (C=N–C) groups is 2. The summed E-state index contributed by atoms with van der Waals surface area (Å²) in [5.41, 5.74) is 0.986. The van der Waals surface area contributed by atoms with E-state index in [1.165, 1.54) is 0 Å². The van der Waals surface area contributed by atoms with Crippen molar-refractivity contribution in [1.29, 1.82) is 0 Å². The van der Waals surface area contributed by atoms with Gasteiger partial charge >= 0.3 is 0 Å². The second-order valence-electron chi connectivity index (χ2n) is 6.05. The molecule has 0 aliphatic heterocycles. The monoisotopic (exact) mass is 318 g/mol. The van der Waals surface area contributed by atoms with Gasteiger partial charge < -0.3 is 20.0 Å². The van der Waals surface area contributed by atoms with E-state index in [-0.39, 0.29) is 0 Å². The first-order chi connectivity index (χ1) is 10.9. The Bertz CT molecular complexity index is 495. The van der Waals surface area contributed by atoms with Crippen LogP contribution in [0.15, 0.2) is 40.3 Å². The molecule has 0 aromatic heterocycles. The van der Waals surface area contributed by atoms with Crippen molar-refractivity contribution in [3.8, 4) is 0 Å². The minimum Gasteiger partial charge on any atom is -0.349 e. The smallest absolute Gasteiger partial charge is 0.225 e. The molecule has 128 valence electrons. The molecule has 0 radical (unpaired) electrons. The third-order valence-corrected chi connectivity index (χ3v) is 3.06. The highest BCUT2D eigenvalue weighted by molar-refractivity contribution is 6.01. The van der Waals surface area contributed by atoms with Gasteiger partial charge in [0, 0.05) is 40.4 Å². The SMILES string of the molecule is CN(C)CCCN=C(N=C(N(C)C)N(C)C)Nc1ccccc1. The van der Waals surface area contributed by atoms with Crippen LogP contribution >= 0.6 is 0 Å². The fraction of sp³-hybridized carbons (Fsp3) is 0.529. The van der Waals surface area contributed by atoms with E-state index in [0.29, 0.717) is 5.96 Å². The Morgan fingerprint density at radius 1 is 0.957 bits per heavy atom. The molecule has 1 N–H and O–H groups in total. The van der Waals surface area contributed by atoms with Gasteiger partial charge in [0.25, 0.3) is 0 Å². The Kier molecular flexibility index (Phi) is 8.11. The Balaban J connectivity index is 2.91. The van der Waals surface area contributed by atoms with Crippen LogP contribution in [0, 0.1) is 0 Å². The summed E-state index contributed by atoms with van der Waals surface area (Å²) in [5, 5.41) is 3.30. The number of hydrogen-bond acceptors (Lipinski definition) is 2. The minimum absolute atomic E-state index is 0.632. The molecular weight excluding hydrogens is 288 g/mol. The van der Waals surface area contributed by atoms with Crippen LogP contribution in [0.4, 0.5) is 5.69 Å². The quantitative estimate of drug-likeness (QED) is 0.512. The van der Waals surface area contributed by atoms with Crippen molar-refractivity contribution in [2.24, 2.45) is 9.98 Å². The van der Waals surface area contributed by atoms with E-state index < -0.39 is 0 Å². The van der Waals surface area contributed by atoms with Gasteiger partial charge in [-0.3, -0.25) is 4.99 Å². The van der Waals surface area contributed by atoms with Gasteiger partial charge in [-0.05, 0) is 39.2 Å². The topological polar surface area (TPSA) is 46.5 Å². The number of para-hydroxylation sites is 1. The van der Waals surface area contributed by atoms with E-state index in [0.717, 1.165) is 31.2 Å². The summed E-state index contributed by atoms with van der Waals surface area (Å²) < 4.78 is 0. The summed E-state index contributed by atoms with van der Waals surface area (Å²) in [7, 11) is 12.1. The zero-order valence-electron chi connectivity index (χ0n) is 15.2. The Morgan fingerprint density at radius 3 is 2.09 bits per heavy atom. The van der Waals surface area contributed by atoms with Crippen molar-refractivity contribution in [2.45, 2.75) is 6.42 Å². The summed E-state index contributed by atoms with van der Waals surface area (Å²) in [6, 6.07) is 10.0. The lowest BCUT2D eigenvalue weighted by atomic mass is 10.3. The van der Waals surface area contributed by atoms with Gasteiger partial charge in [0.1, 0.15) is 0 Å². The van der Waals surface area contributed by atoms with Gasteiger partial charge in [0.05, 0.1) is 0 Å². The maximum atomic E-state index is 4.68. The summed E-state index contributed by atoms with van der Waals surface area (Å²) in [6.07, 6.45) is 1.00. The number of benzene rings is 1. The maximum Gasteiger partial charge on any atom is 0.225 e. The van der Waals surface area contributed by atoms with E-state index in [2.05, 4.69) is 34.3 Å². The van der Waals surface area contributed by atoms with Crippen molar-refractivity contribution >= 4 is 17.6 Å². The molecule has 1 aromatic carbocycles. The number of anilines is 1. The van der Waals surface area contributed by atoms with Crippen LogP contribution in [0.25, 0.3) is 0 Å². The number of rotatable bonds is 5. The molecule has 0 heterocycles. The second kappa shape index (κ2) is 9.84. The lowest BCUT2D eigenvalue weighted by Gasteiger charge is -2.23. The summed E-state index contributed by atoms with van der Waals surface area (Å²) in [4.78, 5) is 15.4. The van der Waals surface area contributed by atoms with Crippen molar-refractivity contribution in [2.75, 3.05) is 60.7 Å². The van der Waals surface area contributed by atoms with Crippen LogP contribution in [0.1, 0.15) is 6.42 Å². The van der Waals surface area contributed by atoms with Crippen molar-refractivity contribution in [1.82, 2.24) is 14.7 Å². The Hall–Kier alpha value is -2.08. The van der Waals surface area contributed by atoms with Crippen molar-refractivity contribution in [3.05, 3.63) is 30.3 Å². The Morgan fingerprint density at radius 2 is 1.57 bits per heavy atom. The van der Waals surface area contributed by atoms with Crippen LogP contribution in [0.5, 0.6) is 0 Å². The molecule has 0 aliphatic rings.